The molecule has 5 heteroatoms. The fourth-order valence-corrected chi connectivity index (χ4v) is 1.46. The summed E-state index contributed by atoms with van der Waals surface area (Å²) in [7, 11) is 1.34. The van der Waals surface area contributed by atoms with Gasteiger partial charge in [0.25, 0.3) is 0 Å². The lowest BCUT2D eigenvalue weighted by Crippen LogP contribution is -1.93. The third-order valence-electron chi connectivity index (χ3n) is 2.67. The van der Waals surface area contributed by atoms with E-state index in [9.17, 15) is 13.2 Å². The van der Waals surface area contributed by atoms with Gasteiger partial charge < -0.3 is 4.74 Å². The van der Waals surface area contributed by atoms with Gasteiger partial charge in [-0.15, -0.1) is 0 Å². The average molecular weight is 283 g/mol. The molecule has 2 nitrogen and oxygen atoms in total. The van der Waals surface area contributed by atoms with Gasteiger partial charge in [-0.3, -0.25) is 4.98 Å². The number of aryl methyl sites for hydroxylation is 2. The fourth-order valence-electron chi connectivity index (χ4n) is 1.46. The number of benzene rings is 1. The van der Waals surface area contributed by atoms with Crippen molar-refractivity contribution in [2.75, 3.05) is 7.11 Å². The Morgan fingerprint density at radius 1 is 0.900 bits per heavy atom. The molecule has 0 unspecified atom stereocenters. The molecule has 2 rings (SSSR count). The molecule has 0 saturated heterocycles. The van der Waals surface area contributed by atoms with Crippen LogP contribution in [0.15, 0.2) is 24.3 Å². The van der Waals surface area contributed by atoms with Crippen LogP contribution in [0, 0.1) is 38.2 Å². The highest BCUT2D eigenvalue weighted by Gasteiger charge is 2.08. The molecule has 0 fully saturated rings. The minimum absolute atomic E-state index is 0.00986. The molecule has 1 heterocycles. The molecular weight excluding hydrogens is 267 g/mol. The Morgan fingerprint density at radius 2 is 1.50 bits per heavy atom. The van der Waals surface area contributed by atoms with Crippen LogP contribution >= 0.6 is 0 Å². The number of methoxy groups -OCH3 is 1. The first-order valence-corrected chi connectivity index (χ1v) is 5.95. The van der Waals surface area contributed by atoms with E-state index in [0.717, 1.165) is 5.69 Å². The Labute approximate surface area is 116 Å². The monoisotopic (exact) mass is 283 g/mol. The SMILES string of the molecule is COc1ccc(F)c(C)c1F.Cc1ccc(F)c(C)n1. The van der Waals surface area contributed by atoms with Crippen LogP contribution in [-0.4, -0.2) is 12.1 Å². The smallest absolute Gasteiger partial charge is 0.170 e. The second-order valence-electron chi connectivity index (χ2n) is 4.21. The summed E-state index contributed by atoms with van der Waals surface area (Å²) < 4.78 is 42.6. The molecule has 0 N–H and O–H groups in total. The molecule has 108 valence electrons. The third-order valence-corrected chi connectivity index (χ3v) is 2.67. The summed E-state index contributed by atoms with van der Waals surface area (Å²) in [5.74, 6) is -1.35. The Bertz CT molecular complexity index is 600. The maximum Gasteiger partial charge on any atom is 0.170 e. The number of aromatic nitrogens is 1. The van der Waals surface area contributed by atoms with E-state index in [1.165, 1.54) is 32.2 Å². The van der Waals surface area contributed by atoms with E-state index in [2.05, 4.69) is 9.72 Å². The van der Waals surface area contributed by atoms with Gasteiger partial charge in [0.2, 0.25) is 0 Å². The zero-order valence-electron chi connectivity index (χ0n) is 11.8. The predicted molar refractivity (Wildman–Crippen MR) is 71.3 cm³/mol. The molecule has 0 bridgehead atoms. The van der Waals surface area contributed by atoms with E-state index < -0.39 is 11.6 Å². The van der Waals surface area contributed by atoms with Gasteiger partial charge >= 0.3 is 0 Å². The molecule has 0 spiro atoms. The van der Waals surface area contributed by atoms with Crippen molar-refractivity contribution in [3.8, 4) is 5.75 Å². The topological polar surface area (TPSA) is 22.1 Å². The summed E-state index contributed by atoms with van der Waals surface area (Å²) >= 11 is 0. The van der Waals surface area contributed by atoms with Gasteiger partial charge in [0.05, 0.1) is 12.8 Å². The number of nitrogens with zero attached hydrogens (tertiary/aromatic N) is 1. The van der Waals surface area contributed by atoms with Crippen LogP contribution in [-0.2, 0) is 0 Å². The van der Waals surface area contributed by atoms with Crippen LogP contribution in [0.5, 0.6) is 5.75 Å². The van der Waals surface area contributed by atoms with Crippen molar-refractivity contribution in [3.63, 3.8) is 0 Å². The molecule has 0 aliphatic carbocycles. The lowest BCUT2D eigenvalue weighted by Gasteiger charge is -2.03. The number of hydrogen-bond donors (Lipinski definition) is 0. The fraction of sp³-hybridized carbons (Fsp3) is 0.267. The third kappa shape index (κ3) is 3.98. The van der Waals surface area contributed by atoms with Crippen LogP contribution in [0.1, 0.15) is 17.0 Å². The van der Waals surface area contributed by atoms with Gasteiger partial charge in [0.15, 0.2) is 11.6 Å². The van der Waals surface area contributed by atoms with Crippen molar-refractivity contribution < 1.29 is 17.9 Å². The molecule has 0 atom stereocenters. The quantitative estimate of drug-likeness (QED) is 0.785. The molecule has 1 aromatic heterocycles. The minimum atomic E-state index is -0.632. The molecule has 0 saturated carbocycles. The summed E-state index contributed by atoms with van der Waals surface area (Å²) in [6.07, 6.45) is 0. The van der Waals surface area contributed by atoms with Gasteiger partial charge in [-0.1, -0.05) is 0 Å². The number of halogens is 3. The van der Waals surface area contributed by atoms with Crippen molar-refractivity contribution >= 4 is 0 Å². The second kappa shape index (κ2) is 6.93. The molecule has 20 heavy (non-hydrogen) atoms. The number of pyridine rings is 1. The van der Waals surface area contributed by atoms with Gasteiger partial charge in [-0.05, 0) is 45.0 Å². The van der Waals surface area contributed by atoms with E-state index in [-0.39, 0.29) is 17.1 Å². The van der Waals surface area contributed by atoms with E-state index in [0.29, 0.717) is 5.69 Å². The Morgan fingerprint density at radius 3 is 2.00 bits per heavy atom. The average Bonchev–Trinajstić information content (AvgIpc) is 2.42. The normalized spacial score (nSPS) is 9.75. The first-order valence-electron chi connectivity index (χ1n) is 5.95. The van der Waals surface area contributed by atoms with Crippen molar-refractivity contribution in [3.05, 3.63) is 58.7 Å². The molecule has 0 radical (unpaired) electrons. The Balaban J connectivity index is 0.000000204. The van der Waals surface area contributed by atoms with Gasteiger partial charge in [0, 0.05) is 11.3 Å². The van der Waals surface area contributed by atoms with E-state index in [1.54, 1.807) is 13.0 Å². The second-order valence-corrected chi connectivity index (χ2v) is 4.21. The van der Waals surface area contributed by atoms with Crippen molar-refractivity contribution in [2.45, 2.75) is 20.8 Å². The number of hydrogen-bond acceptors (Lipinski definition) is 2. The highest BCUT2D eigenvalue weighted by molar-refractivity contribution is 5.31. The Kier molecular flexibility index (Phi) is 5.55. The first-order chi connectivity index (χ1) is 9.36. The van der Waals surface area contributed by atoms with Crippen molar-refractivity contribution in [2.24, 2.45) is 0 Å². The van der Waals surface area contributed by atoms with Crippen molar-refractivity contribution in [1.29, 1.82) is 0 Å². The summed E-state index contributed by atoms with van der Waals surface area (Å²) in [6.45, 7) is 4.86. The highest BCUT2D eigenvalue weighted by Crippen LogP contribution is 2.21. The van der Waals surface area contributed by atoms with Crippen LogP contribution < -0.4 is 4.74 Å². The zero-order valence-corrected chi connectivity index (χ0v) is 11.8. The van der Waals surface area contributed by atoms with Gasteiger partial charge in [0.1, 0.15) is 11.6 Å². The maximum absolute atomic E-state index is 12.9. The van der Waals surface area contributed by atoms with Crippen LogP contribution in [0.4, 0.5) is 13.2 Å². The highest BCUT2D eigenvalue weighted by atomic mass is 19.1. The lowest BCUT2D eigenvalue weighted by atomic mass is 10.2. The largest absolute Gasteiger partial charge is 0.494 e. The summed E-state index contributed by atoms with van der Waals surface area (Å²) in [4.78, 5) is 3.90. The zero-order chi connectivity index (χ0) is 15.3. The van der Waals surface area contributed by atoms with Gasteiger partial charge in [-0.2, -0.15) is 0 Å². The van der Waals surface area contributed by atoms with Gasteiger partial charge in [-0.25, -0.2) is 13.2 Å². The Hall–Kier alpha value is -2.04. The van der Waals surface area contributed by atoms with Crippen molar-refractivity contribution in [1.82, 2.24) is 4.98 Å². The molecule has 2 aromatic rings. The summed E-state index contributed by atoms with van der Waals surface area (Å²) in [5.41, 5.74) is 1.31. The molecule has 0 aliphatic heterocycles. The van der Waals surface area contributed by atoms with E-state index >= 15 is 0 Å². The van der Waals surface area contributed by atoms with E-state index in [4.69, 9.17) is 0 Å². The van der Waals surface area contributed by atoms with Crippen LogP contribution in [0.25, 0.3) is 0 Å². The maximum atomic E-state index is 12.9. The lowest BCUT2D eigenvalue weighted by molar-refractivity contribution is 0.382. The molecular formula is C15H16F3NO. The summed E-state index contributed by atoms with van der Waals surface area (Å²) in [6, 6.07) is 5.52. The van der Waals surface area contributed by atoms with Crippen LogP contribution in [0.3, 0.4) is 0 Å². The number of ether oxygens (including phenoxy) is 1. The van der Waals surface area contributed by atoms with E-state index in [1.807, 2.05) is 6.92 Å². The summed E-state index contributed by atoms with van der Waals surface area (Å²) in [5, 5.41) is 0. The predicted octanol–water partition coefficient (Wildman–Crippen LogP) is 4.12. The molecule has 0 aliphatic rings. The first kappa shape index (κ1) is 16.0. The minimum Gasteiger partial charge on any atom is -0.494 e. The molecule has 0 amide bonds. The molecule has 1 aromatic carbocycles. The standard InChI is InChI=1S/C8H8F2O.C7H8FN/c1-5-6(9)3-4-7(11-2)8(5)10;1-5-3-4-7(8)6(2)9-5/h3-4H,1-2H3;3-4H,1-2H3. The number of rotatable bonds is 1. The van der Waals surface area contributed by atoms with Crippen LogP contribution in [0.2, 0.25) is 0 Å².